The first-order valence-electron chi connectivity index (χ1n) is 8.26. The molecule has 2 aromatic heterocycles. The fourth-order valence-corrected chi connectivity index (χ4v) is 2.76. The lowest BCUT2D eigenvalue weighted by atomic mass is 10.1. The predicted molar refractivity (Wildman–Crippen MR) is 92.1 cm³/mol. The molecule has 2 heterocycles. The lowest BCUT2D eigenvalue weighted by Crippen LogP contribution is -2.25. The average Bonchev–Trinajstić information content (AvgIpc) is 3.10. The second-order valence-electron chi connectivity index (χ2n) is 6.08. The molecule has 0 saturated heterocycles. The van der Waals surface area contributed by atoms with Gasteiger partial charge in [0.15, 0.2) is 0 Å². The van der Waals surface area contributed by atoms with E-state index in [1.807, 2.05) is 18.5 Å². The molecule has 0 aliphatic carbocycles. The van der Waals surface area contributed by atoms with Crippen molar-refractivity contribution >= 4 is 10.8 Å². The van der Waals surface area contributed by atoms with E-state index >= 15 is 0 Å². The average molecular weight is 309 g/mol. The van der Waals surface area contributed by atoms with Gasteiger partial charge in [-0.25, -0.2) is 0 Å². The molecule has 0 saturated carbocycles. The van der Waals surface area contributed by atoms with E-state index in [9.17, 15) is 0 Å². The van der Waals surface area contributed by atoms with E-state index in [1.165, 1.54) is 29.2 Å². The number of hydrogen-bond donors (Lipinski definition) is 1. The molecule has 1 atom stereocenters. The molecular formula is C19H23N3O. The lowest BCUT2D eigenvalue weighted by Gasteiger charge is -2.14. The largest absolute Gasteiger partial charge is 0.365 e. The Morgan fingerprint density at radius 3 is 2.96 bits per heavy atom. The van der Waals surface area contributed by atoms with Crippen LogP contribution in [0.25, 0.3) is 10.8 Å². The summed E-state index contributed by atoms with van der Waals surface area (Å²) in [5, 5.41) is 9.99. The zero-order valence-corrected chi connectivity index (χ0v) is 13.5. The summed E-state index contributed by atoms with van der Waals surface area (Å²) in [6.07, 6.45) is 9.92. The van der Waals surface area contributed by atoms with Crippen LogP contribution < -0.4 is 5.32 Å². The highest BCUT2D eigenvalue weighted by Gasteiger charge is 2.03. The predicted octanol–water partition coefficient (Wildman–Crippen LogP) is 4.11. The number of aryl methyl sites for hydroxylation is 1. The topological polar surface area (TPSA) is 51.0 Å². The van der Waals surface area contributed by atoms with E-state index in [0.717, 1.165) is 25.1 Å². The SMILES string of the molecule is C[C@H](CCCCc1ccon1)NCc1ccc2cnccc2c1. The molecule has 4 nitrogen and oxygen atoms in total. The summed E-state index contributed by atoms with van der Waals surface area (Å²) in [6.45, 7) is 3.16. The van der Waals surface area contributed by atoms with Crippen LogP contribution >= 0.6 is 0 Å². The zero-order valence-electron chi connectivity index (χ0n) is 13.5. The van der Waals surface area contributed by atoms with E-state index in [4.69, 9.17) is 4.52 Å². The van der Waals surface area contributed by atoms with Crippen molar-refractivity contribution in [3.8, 4) is 0 Å². The Balaban J connectivity index is 1.40. The highest BCUT2D eigenvalue weighted by atomic mass is 16.5. The number of pyridine rings is 1. The van der Waals surface area contributed by atoms with Crippen molar-refractivity contribution in [1.29, 1.82) is 0 Å². The number of nitrogens with zero attached hydrogens (tertiary/aromatic N) is 2. The van der Waals surface area contributed by atoms with Gasteiger partial charge in [0.1, 0.15) is 6.26 Å². The summed E-state index contributed by atoms with van der Waals surface area (Å²) >= 11 is 0. The van der Waals surface area contributed by atoms with E-state index in [1.54, 1.807) is 6.26 Å². The number of benzene rings is 1. The Morgan fingerprint density at radius 1 is 1.13 bits per heavy atom. The first kappa shape index (κ1) is 15.7. The Morgan fingerprint density at radius 2 is 2.09 bits per heavy atom. The monoisotopic (exact) mass is 309 g/mol. The molecule has 0 aliphatic rings. The molecule has 0 radical (unpaired) electrons. The molecule has 0 fully saturated rings. The standard InChI is InChI=1S/C19H23N3O/c1-15(4-2-3-5-19-9-11-23-22-19)21-13-16-6-7-18-14-20-10-8-17(18)12-16/h6-12,14-15,21H,2-5,13H2,1H3/t15-/m1/s1. The van der Waals surface area contributed by atoms with Gasteiger partial charge in [-0.1, -0.05) is 23.7 Å². The van der Waals surface area contributed by atoms with Gasteiger partial charge in [-0.2, -0.15) is 0 Å². The lowest BCUT2D eigenvalue weighted by molar-refractivity contribution is 0.409. The normalized spacial score (nSPS) is 12.6. The number of fused-ring (bicyclic) bond motifs is 1. The van der Waals surface area contributed by atoms with Crippen molar-refractivity contribution in [3.05, 3.63) is 60.2 Å². The molecule has 0 unspecified atom stereocenters. The first-order chi connectivity index (χ1) is 11.3. The van der Waals surface area contributed by atoms with Crippen LogP contribution in [0, 0.1) is 0 Å². The third-order valence-corrected chi connectivity index (χ3v) is 4.17. The molecule has 0 amide bonds. The van der Waals surface area contributed by atoms with Crippen molar-refractivity contribution in [2.24, 2.45) is 0 Å². The summed E-state index contributed by atoms with van der Waals surface area (Å²) in [6, 6.07) is 11.1. The van der Waals surface area contributed by atoms with Gasteiger partial charge in [0.05, 0.1) is 5.69 Å². The minimum absolute atomic E-state index is 0.514. The molecule has 23 heavy (non-hydrogen) atoms. The van der Waals surface area contributed by atoms with Crippen LogP contribution in [0.4, 0.5) is 0 Å². The van der Waals surface area contributed by atoms with Gasteiger partial charge in [-0.05, 0) is 49.3 Å². The van der Waals surface area contributed by atoms with Crippen LogP contribution in [0.15, 0.2) is 53.5 Å². The maximum Gasteiger partial charge on any atom is 0.124 e. The molecule has 120 valence electrons. The number of aromatic nitrogens is 2. The van der Waals surface area contributed by atoms with Gasteiger partial charge in [0, 0.05) is 36.4 Å². The Bertz CT molecular complexity index is 724. The van der Waals surface area contributed by atoms with E-state index in [2.05, 4.69) is 46.6 Å². The molecule has 1 aromatic carbocycles. The summed E-state index contributed by atoms with van der Waals surface area (Å²) in [5.74, 6) is 0. The van der Waals surface area contributed by atoms with Crippen molar-refractivity contribution < 1.29 is 4.52 Å². The summed E-state index contributed by atoms with van der Waals surface area (Å²) in [7, 11) is 0. The highest BCUT2D eigenvalue weighted by Crippen LogP contribution is 2.14. The van der Waals surface area contributed by atoms with Crippen LogP contribution in [0.1, 0.15) is 37.4 Å². The van der Waals surface area contributed by atoms with E-state index < -0.39 is 0 Å². The molecule has 0 spiro atoms. The number of rotatable bonds is 8. The van der Waals surface area contributed by atoms with Gasteiger partial charge in [0.2, 0.25) is 0 Å². The molecular weight excluding hydrogens is 286 g/mol. The van der Waals surface area contributed by atoms with Crippen molar-refractivity contribution in [2.75, 3.05) is 0 Å². The number of unbranched alkanes of at least 4 members (excludes halogenated alkanes) is 1. The van der Waals surface area contributed by atoms with E-state index in [0.29, 0.717) is 6.04 Å². The third-order valence-electron chi connectivity index (χ3n) is 4.17. The van der Waals surface area contributed by atoms with Crippen LogP contribution in [0.5, 0.6) is 0 Å². The van der Waals surface area contributed by atoms with Crippen molar-refractivity contribution in [2.45, 2.75) is 45.2 Å². The van der Waals surface area contributed by atoms with Gasteiger partial charge in [-0.3, -0.25) is 4.98 Å². The van der Waals surface area contributed by atoms with Crippen LogP contribution in [0.2, 0.25) is 0 Å². The summed E-state index contributed by atoms with van der Waals surface area (Å²) < 4.78 is 4.84. The second-order valence-corrected chi connectivity index (χ2v) is 6.08. The van der Waals surface area contributed by atoms with Crippen molar-refractivity contribution in [1.82, 2.24) is 15.5 Å². The molecule has 0 bridgehead atoms. The number of hydrogen-bond acceptors (Lipinski definition) is 4. The van der Waals surface area contributed by atoms with Crippen LogP contribution in [-0.2, 0) is 13.0 Å². The summed E-state index contributed by atoms with van der Waals surface area (Å²) in [4.78, 5) is 4.15. The van der Waals surface area contributed by atoms with Gasteiger partial charge in [-0.15, -0.1) is 0 Å². The molecule has 3 aromatic rings. The fourth-order valence-electron chi connectivity index (χ4n) is 2.76. The number of nitrogens with one attached hydrogen (secondary N) is 1. The fraction of sp³-hybridized carbons (Fsp3) is 0.368. The first-order valence-corrected chi connectivity index (χ1v) is 8.26. The minimum atomic E-state index is 0.514. The van der Waals surface area contributed by atoms with Crippen LogP contribution in [-0.4, -0.2) is 16.2 Å². The molecule has 3 rings (SSSR count). The van der Waals surface area contributed by atoms with Crippen molar-refractivity contribution in [3.63, 3.8) is 0 Å². The zero-order chi connectivity index (χ0) is 15.9. The van der Waals surface area contributed by atoms with Gasteiger partial charge >= 0.3 is 0 Å². The minimum Gasteiger partial charge on any atom is -0.365 e. The quantitative estimate of drug-likeness (QED) is 0.636. The third kappa shape index (κ3) is 4.63. The Kier molecular flexibility index (Phi) is 5.37. The maximum atomic E-state index is 4.84. The molecule has 1 N–H and O–H groups in total. The second kappa shape index (κ2) is 7.88. The van der Waals surface area contributed by atoms with Gasteiger partial charge in [0.25, 0.3) is 0 Å². The van der Waals surface area contributed by atoms with Crippen LogP contribution in [0.3, 0.4) is 0 Å². The molecule has 4 heteroatoms. The Hall–Kier alpha value is -2.20. The van der Waals surface area contributed by atoms with Gasteiger partial charge < -0.3 is 9.84 Å². The highest BCUT2D eigenvalue weighted by molar-refractivity contribution is 5.81. The summed E-state index contributed by atoms with van der Waals surface area (Å²) in [5.41, 5.74) is 2.37. The van der Waals surface area contributed by atoms with E-state index in [-0.39, 0.29) is 0 Å². The maximum absolute atomic E-state index is 4.84. The Labute approximate surface area is 136 Å². The molecule has 0 aliphatic heterocycles. The smallest absolute Gasteiger partial charge is 0.124 e.